The van der Waals surface area contributed by atoms with Gasteiger partial charge in [0.15, 0.2) is 5.60 Å². The summed E-state index contributed by atoms with van der Waals surface area (Å²) in [5, 5.41) is 17.8. The standard InChI is InChI=1S/C8H12O3/c1-8(11,7(9)10)5-6-3-2-4-6/h3,11H,2,4-5H2,1H3,(H,9,10). The summed E-state index contributed by atoms with van der Waals surface area (Å²) in [6.07, 6.45) is 4.19. The molecule has 11 heavy (non-hydrogen) atoms. The van der Waals surface area contributed by atoms with E-state index in [1.807, 2.05) is 6.08 Å². The number of hydrogen-bond donors (Lipinski definition) is 2. The Kier molecular flexibility index (Phi) is 2.00. The summed E-state index contributed by atoms with van der Waals surface area (Å²) in [6.45, 7) is 1.33. The van der Waals surface area contributed by atoms with Gasteiger partial charge >= 0.3 is 5.97 Å². The van der Waals surface area contributed by atoms with Crippen molar-refractivity contribution in [2.24, 2.45) is 0 Å². The van der Waals surface area contributed by atoms with Crippen molar-refractivity contribution in [3.8, 4) is 0 Å². The molecule has 1 aliphatic carbocycles. The van der Waals surface area contributed by atoms with E-state index in [0.29, 0.717) is 0 Å². The third-order valence-electron chi connectivity index (χ3n) is 1.93. The summed E-state index contributed by atoms with van der Waals surface area (Å²) in [4.78, 5) is 10.4. The molecule has 0 fully saturated rings. The lowest BCUT2D eigenvalue weighted by Crippen LogP contribution is -2.35. The van der Waals surface area contributed by atoms with Gasteiger partial charge < -0.3 is 10.2 Å². The first-order valence-corrected chi connectivity index (χ1v) is 3.66. The minimum absolute atomic E-state index is 0.266. The summed E-state index contributed by atoms with van der Waals surface area (Å²) in [7, 11) is 0. The molecule has 0 aliphatic heterocycles. The minimum atomic E-state index is -1.58. The van der Waals surface area contributed by atoms with E-state index in [2.05, 4.69) is 0 Å². The number of carboxylic acids is 1. The maximum Gasteiger partial charge on any atom is 0.335 e. The van der Waals surface area contributed by atoms with Gasteiger partial charge in [0, 0.05) is 6.42 Å². The lowest BCUT2D eigenvalue weighted by Gasteiger charge is -2.23. The molecule has 0 spiro atoms. The quantitative estimate of drug-likeness (QED) is 0.598. The molecule has 0 bridgehead atoms. The fourth-order valence-corrected chi connectivity index (χ4v) is 1.03. The monoisotopic (exact) mass is 156 g/mol. The molecule has 0 amide bonds. The van der Waals surface area contributed by atoms with Crippen molar-refractivity contribution in [1.82, 2.24) is 0 Å². The highest BCUT2D eigenvalue weighted by atomic mass is 16.4. The molecule has 3 nitrogen and oxygen atoms in total. The average molecular weight is 156 g/mol. The fourth-order valence-electron chi connectivity index (χ4n) is 1.03. The van der Waals surface area contributed by atoms with Crippen molar-refractivity contribution in [3.05, 3.63) is 11.6 Å². The number of aliphatic carboxylic acids is 1. The van der Waals surface area contributed by atoms with Gasteiger partial charge in [-0.1, -0.05) is 11.6 Å². The Balaban J connectivity index is 2.52. The summed E-state index contributed by atoms with van der Waals surface area (Å²) in [5.74, 6) is -1.15. The molecule has 0 radical (unpaired) electrons. The molecule has 0 aromatic rings. The molecule has 1 unspecified atom stereocenters. The molecule has 1 atom stereocenters. The van der Waals surface area contributed by atoms with Gasteiger partial charge in [-0.3, -0.25) is 0 Å². The zero-order valence-electron chi connectivity index (χ0n) is 6.50. The Morgan fingerprint density at radius 1 is 1.82 bits per heavy atom. The maximum atomic E-state index is 10.4. The van der Waals surface area contributed by atoms with E-state index >= 15 is 0 Å². The minimum Gasteiger partial charge on any atom is -0.479 e. The Labute approximate surface area is 65.3 Å². The van der Waals surface area contributed by atoms with Crippen LogP contribution in [-0.4, -0.2) is 21.8 Å². The van der Waals surface area contributed by atoms with Crippen molar-refractivity contribution in [2.45, 2.75) is 31.8 Å². The van der Waals surface area contributed by atoms with Crippen LogP contribution in [0.3, 0.4) is 0 Å². The van der Waals surface area contributed by atoms with Gasteiger partial charge in [-0.05, 0) is 19.8 Å². The molecule has 0 saturated heterocycles. The van der Waals surface area contributed by atoms with Crippen LogP contribution in [0.4, 0.5) is 0 Å². The number of rotatable bonds is 3. The van der Waals surface area contributed by atoms with Crippen LogP contribution in [0.2, 0.25) is 0 Å². The summed E-state index contributed by atoms with van der Waals surface area (Å²) >= 11 is 0. The Hall–Kier alpha value is -0.830. The first-order chi connectivity index (χ1) is 5.02. The van der Waals surface area contributed by atoms with Crippen molar-refractivity contribution in [3.63, 3.8) is 0 Å². The Morgan fingerprint density at radius 2 is 2.36 bits per heavy atom. The molecular weight excluding hydrogens is 144 g/mol. The van der Waals surface area contributed by atoms with Gasteiger partial charge in [0.05, 0.1) is 0 Å². The number of aliphatic hydroxyl groups is 1. The van der Waals surface area contributed by atoms with Gasteiger partial charge in [-0.25, -0.2) is 4.79 Å². The van der Waals surface area contributed by atoms with E-state index in [1.54, 1.807) is 0 Å². The number of carbonyl (C=O) groups is 1. The zero-order chi connectivity index (χ0) is 8.48. The van der Waals surface area contributed by atoms with E-state index in [1.165, 1.54) is 6.92 Å². The normalized spacial score (nSPS) is 21.5. The first-order valence-electron chi connectivity index (χ1n) is 3.66. The molecule has 0 saturated carbocycles. The second-order valence-electron chi connectivity index (χ2n) is 3.16. The fraction of sp³-hybridized carbons (Fsp3) is 0.625. The summed E-state index contributed by atoms with van der Waals surface area (Å²) in [5.41, 5.74) is -0.524. The topological polar surface area (TPSA) is 57.5 Å². The highest BCUT2D eigenvalue weighted by Crippen LogP contribution is 2.27. The third-order valence-corrected chi connectivity index (χ3v) is 1.93. The average Bonchev–Trinajstić information content (AvgIpc) is 1.79. The molecule has 0 aromatic heterocycles. The predicted octanol–water partition coefficient (Wildman–Crippen LogP) is 0.932. The van der Waals surface area contributed by atoms with Crippen molar-refractivity contribution < 1.29 is 15.0 Å². The smallest absolute Gasteiger partial charge is 0.335 e. The van der Waals surface area contributed by atoms with Crippen molar-refractivity contribution in [1.29, 1.82) is 0 Å². The van der Waals surface area contributed by atoms with Crippen molar-refractivity contribution in [2.75, 3.05) is 0 Å². The van der Waals surface area contributed by atoms with Crippen molar-refractivity contribution >= 4 is 5.97 Å². The Morgan fingerprint density at radius 3 is 2.64 bits per heavy atom. The van der Waals surface area contributed by atoms with E-state index in [4.69, 9.17) is 5.11 Å². The van der Waals surface area contributed by atoms with E-state index in [0.717, 1.165) is 18.4 Å². The van der Waals surface area contributed by atoms with Crippen LogP contribution in [0, 0.1) is 0 Å². The lowest BCUT2D eigenvalue weighted by molar-refractivity contribution is -0.156. The second kappa shape index (κ2) is 2.66. The predicted molar refractivity (Wildman–Crippen MR) is 40.2 cm³/mol. The zero-order valence-corrected chi connectivity index (χ0v) is 6.50. The Bertz CT molecular complexity index is 203. The highest BCUT2D eigenvalue weighted by Gasteiger charge is 2.31. The van der Waals surface area contributed by atoms with Crippen LogP contribution in [-0.2, 0) is 4.79 Å². The van der Waals surface area contributed by atoms with Crippen LogP contribution in [0.1, 0.15) is 26.2 Å². The SMILES string of the molecule is CC(O)(CC1=CCC1)C(=O)O. The molecule has 62 valence electrons. The van der Waals surface area contributed by atoms with Gasteiger partial charge in [0.2, 0.25) is 0 Å². The molecular formula is C8H12O3. The maximum absolute atomic E-state index is 10.4. The first kappa shape index (κ1) is 8.27. The molecule has 2 N–H and O–H groups in total. The van der Waals surface area contributed by atoms with Gasteiger partial charge in [-0.2, -0.15) is 0 Å². The van der Waals surface area contributed by atoms with Gasteiger partial charge in [0.25, 0.3) is 0 Å². The van der Waals surface area contributed by atoms with Gasteiger partial charge in [-0.15, -0.1) is 0 Å². The number of allylic oxidation sites excluding steroid dienone is 1. The highest BCUT2D eigenvalue weighted by molar-refractivity contribution is 5.77. The van der Waals surface area contributed by atoms with E-state index < -0.39 is 11.6 Å². The van der Waals surface area contributed by atoms with Gasteiger partial charge in [0.1, 0.15) is 0 Å². The van der Waals surface area contributed by atoms with Crippen LogP contribution < -0.4 is 0 Å². The molecule has 0 aromatic carbocycles. The summed E-state index contributed by atoms with van der Waals surface area (Å²) < 4.78 is 0. The number of carboxylic acid groups (broad SMARTS) is 1. The molecule has 0 heterocycles. The van der Waals surface area contributed by atoms with E-state index in [9.17, 15) is 9.90 Å². The molecule has 3 heteroatoms. The molecule has 1 aliphatic rings. The largest absolute Gasteiger partial charge is 0.479 e. The second-order valence-corrected chi connectivity index (χ2v) is 3.16. The molecule has 1 rings (SSSR count). The van der Waals surface area contributed by atoms with Crippen LogP contribution in [0.15, 0.2) is 11.6 Å². The van der Waals surface area contributed by atoms with Crippen LogP contribution >= 0.6 is 0 Å². The third kappa shape index (κ3) is 1.80. The lowest BCUT2D eigenvalue weighted by atomic mass is 9.88. The summed E-state index contributed by atoms with van der Waals surface area (Å²) in [6, 6.07) is 0. The van der Waals surface area contributed by atoms with Crippen LogP contribution in [0.5, 0.6) is 0 Å². The van der Waals surface area contributed by atoms with Crippen LogP contribution in [0.25, 0.3) is 0 Å². The van der Waals surface area contributed by atoms with E-state index in [-0.39, 0.29) is 6.42 Å². The number of hydrogen-bond acceptors (Lipinski definition) is 2.